The molecular formula is C21H20ClFN2O2. The molecule has 1 saturated heterocycles. The van der Waals surface area contributed by atoms with E-state index in [0.29, 0.717) is 31.5 Å². The van der Waals surface area contributed by atoms with E-state index in [4.69, 9.17) is 11.6 Å². The average molecular weight is 387 g/mol. The summed E-state index contributed by atoms with van der Waals surface area (Å²) in [5.41, 5.74) is 0.832. The summed E-state index contributed by atoms with van der Waals surface area (Å²) < 4.78 is 13.8. The number of halogens is 2. The van der Waals surface area contributed by atoms with E-state index in [1.165, 1.54) is 24.3 Å². The van der Waals surface area contributed by atoms with Crippen molar-refractivity contribution in [2.75, 3.05) is 13.1 Å². The Balaban J connectivity index is 1.52. The smallest absolute Gasteiger partial charge is 0.251 e. The molecule has 1 N–H and O–H groups in total. The molecule has 0 aliphatic carbocycles. The van der Waals surface area contributed by atoms with Crippen molar-refractivity contribution in [1.29, 1.82) is 0 Å². The van der Waals surface area contributed by atoms with Crippen LogP contribution in [0.2, 0.25) is 5.02 Å². The van der Waals surface area contributed by atoms with E-state index in [-0.39, 0.29) is 28.4 Å². The average Bonchev–Trinajstić information content (AvgIpc) is 2.68. The largest absolute Gasteiger partial charge is 0.349 e. The Morgan fingerprint density at radius 1 is 1.07 bits per heavy atom. The zero-order valence-electron chi connectivity index (χ0n) is 14.7. The molecule has 6 heteroatoms. The molecule has 2 aromatic rings. The third-order valence-corrected chi connectivity index (χ3v) is 4.90. The third kappa shape index (κ3) is 4.95. The molecule has 1 fully saturated rings. The minimum atomic E-state index is -0.464. The van der Waals surface area contributed by atoms with Gasteiger partial charge in [-0.3, -0.25) is 9.59 Å². The number of nitrogens with zero attached hydrogens (tertiary/aromatic N) is 1. The SMILES string of the molecule is O=C(NC1CCN(C(=O)C=Cc2c(F)cccc2Cl)CC1)c1ccccc1. The molecule has 0 aromatic heterocycles. The van der Waals surface area contributed by atoms with E-state index >= 15 is 0 Å². The number of amides is 2. The Morgan fingerprint density at radius 2 is 1.78 bits per heavy atom. The summed E-state index contributed by atoms with van der Waals surface area (Å²) in [5, 5.41) is 3.27. The van der Waals surface area contributed by atoms with E-state index in [2.05, 4.69) is 5.32 Å². The molecule has 1 aliphatic heterocycles. The maximum absolute atomic E-state index is 13.8. The quantitative estimate of drug-likeness (QED) is 0.810. The van der Waals surface area contributed by atoms with Crippen LogP contribution in [-0.4, -0.2) is 35.8 Å². The highest BCUT2D eigenvalue weighted by Gasteiger charge is 2.23. The van der Waals surface area contributed by atoms with Crippen molar-refractivity contribution in [3.05, 3.63) is 76.6 Å². The highest BCUT2D eigenvalue weighted by atomic mass is 35.5. The Labute approximate surface area is 162 Å². The van der Waals surface area contributed by atoms with E-state index < -0.39 is 5.82 Å². The summed E-state index contributed by atoms with van der Waals surface area (Å²) in [6, 6.07) is 13.5. The molecule has 4 nitrogen and oxygen atoms in total. The summed E-state index contributed by atoms with van der Waals surface area (Å²) in [4.78, 5) is 26.2. The van der Waals surface area contributed by atoms with Crippen LogP contribution in [0.3, 0.4) is 0 Å². The fraction of sp³-hybridized carbons (Fsp3) is 0.238. The number of likely N-dealkylation sites (tertiary alicyclic amines) is 1. The highest BCUT2D eigenvalue weighted by molar-refractivity contribution is 6.32. The van der Waals surface area contributed by atoms with E-state index in [1.54, 1.807) is 23.1 Å². The molecule has 0 bridgehead atoms. The Bertz CT molecular complexity index is 826. The van der Waals surface area contributed by atoms with Crippen molar-refractivity contribution < 1.29 is 14.0 Å². The Kier molecular flexibility index (Phi) is 6.24. The minimum absolute atomic E-state index is 0.0340. The molecule has 0 spiro atoms. The minimum Gasteiger partial charge on any atom is -0.349 e. The summed E-state index contributed by atoms with van der Waals surface area (Å²) in [7, 11) is 0. The number of rotatable bonds is 4. The van der Waals surface area contributed by atoms with Gasteiger partial charge in [0.1, 0.15) is 5.82 Å². The standard InChI is InChI=1S/C21H20ClFN2O2/c22-18-7-4-8-19(23)17(18)9-10-20(26)25-13-11-16(12-14-25)24-21(27)15-5-2-1-3-6-15/h1-10,16H,11-14H2,(H,24,27). The van der Waals surface area contributed by atoms with E-state index in [9.17, 15) is 14.0 Å². The van der Waals surface area contributed by atoms with Crippen LogP contribution < -0.4 is 5.32 Å². The fourth-order valence-corrected chi connectivity index (χ4v) is 3.26. The molecule has 27 heavy (non-hydrogen) atoms. The molecule has 0 atom stereocenters. The number of hydrogen-bond donors (Lipinski definition) is 1. The number of carbonyl (C=O) groups is 2. The van der Waals surface area contributed by atoms with Gasteiger partial charge < -0.3 is 10.2 Å². The zero-order valence-corrected chi connectivity index (χ0v) is 15.5. The number of nitrogens with one attached hydrogen (secondary N) is 1. The molecule has 2 aromatic carbocycles. The predicted molar refractivity (Wildman–Crippen MR) is 104 cm³/mol. The van der Waals surface area contributed by atoms with Crippen LogP contribution in [0.1, 0.15) is 28.8 Å². The second-order valence-electron chi connectivity index (χ2n) is 6.41. The normalized spacial score (nSPS) is 15.1. The maximum Gasteiger partial charge on any atom is 0.251 e. The molecule has 2 amide bonds. The summed E-state index contributed by atoms with van der Waals surface area (Å²) in [6.07, 6.45) is 4.10. The van der Waals surface area contributed by atoms with Gasteiger partial charge in [-0.2, -0.15) is 0 Å². The lowest BCUT2D eigenvalue weighted by atomic mass is 10.0. The topological polar surface area (TPSA) is 49.4 Å². The van der Waals surface area contributed by atoms with E-state index in [0.717, 1.165) is 0 Å². The van der Waals surface area contributed by atoms with Crippen molar-refractivity contribution in [2.45, 2.75) is 18.9 Å². The van der Waals surface area contributed by atoms with Crippen LogP contribution in [0, 0.1) is 5.82 Å². The van der Waals surface area contributed by atoms with Crippen molar-refractivity contribution in [3.8, 4) is 0 Å². The zero-order chi connectivity index (χ0) is 19.2. The molecule has 140 valence electrons. The van der Waals surface area contributed by atoms with Gasteiger partial charge in [0, 0.05) is 36.3 Å². The maximum atomic E-state index is 13.8. The van der Waals surface area contributed by atoms with Crippen molar-refractivity contribution in [2.24, 2.45) is 0 Å². The summed E-state index contributed by atoms with van der Waals surface area (Å²) in [6.45, 7) is 1.07. The Morgan fingerprint density at radius 3 is 2.44 bits per heavy atom. The molecule has 1 aliphatic rings. The van der Waals surface area contributed by atoms with Crippen LogP contribution >= 0.6 is 11.6 Å². The molecule has 0 radical (unpaired) electrons. The van der Waals surface area contributed by atoms with E-state index in [1.807, 2.05) is 18.2 Å². The van der Waals surface area contributed by atoms with Crippen molar-refractivity contribution >= 4 is 29.5 Å². The van der Waals surface area contributed by atoms with Gasteiger partial charge in [0.05, 0.1) is 5.02 Å². The van der Waals surface area contributed by atoms with Gasteiger partial charge in [-0.15, -0.1) is 0 Å². The van der Waals surface area contributed by atoms with Crippen LogP contribution in [0.25, 0.3) is 6.08 Å². The van der Waals surface area contributed by atoms with Crippen molar-refractivity contribution in [1.82, 2.24) is 10.2 Å². The number of hydrogen-bond acceptors (Lipinski definition) is 2. The van der Waals surface area contributed by atoms with Gasteiger partial charge in [0.25, 0.3) is 5.91 Å². The first-order chi connectivity index (χ1) is 13.0. The lowest BCUT2D eigenvalue weighted by Gasteiger charge is -2.31. The third-order valence-electron chi connectivity index (χ3n) is 4.57. The number of piperidine rings is 1. The first-order valence-corrected chi connectivity index (χ1v) is 9.19. The molecule has 1 heterocycles. The second kappa shape index (κ2) is 8.82. The number of carbonyl (C=O) groups excluding carboxylic acids is 2. The van der Waals surface area contributed by atoms with Crippen LogP contribution in [0.4, 0.5) is 4.39 Å². The molecular weight excluding hydrogens is 367 g/mol. The number of benzene rings is 2. The molecule has 0 saturated carbocycles. The van der Waals surface area contributed by atoms with Crippen molar-refractivity contribution in [3.63, 3.8) is 0 Å². The lowest BCUT2D eigenvalue weighted by Crippen LogP contribution is -2.46. The van der Waals surface area contributed by atoms with Gasteiger partial charge >= 0.3 is 0 Å². The van der Waals surface area contributed by atoms with Crippen LogP contribution in [0.15, 0.2) is 54.6 Å². The highest BCUT2D eigenvalue weighted by Crippen LogP contribution is 2.20. The molecule has 0 unspecified atom stereocenters. The summed E-state index contributed by atoms with van der Waals surface area (Å²) >= 11 is 5.96. The van der Waals surface area contributed by atoms with Gasteiger partial charge in [-0.1, -0.05) is 35.9 Å². The fourth-order valence-electron chi connectivity index (χ4n) is 3.03. The van der Waals surface area contributed by atoms with Gasteiger partial charge in [0.2, 0.25) is 5.91 Å². The van der Waals surface area contributed by atoms with Gasteiger partial charge in [0.15, 0.2) is 0 Å². The lowest BCUT2D eigenvalue weighted by molar-refractivity contribution is -0.126. The first-order valence-electron chi connectivity index (χ1n) is 8.81. The first kappa shape index (κ1) is 19.1. The predicted octanol–water partition coefficient (Wildman–Crippen LogP) is 3.91. The van der Waals surface area contributed by atoms with Gasteiger partial charge in [-0.05, 0) is 43.2 Å². The van der Waals surface area contributed by atoms with Crippen LogP contribution in [0.5, 0.6) is 0 Å². The summed E-state index contributed by atoms with van der Waals surface area (Å²) in [5.74, 6) is -0.759. The van der Waals surface area contributed by atoms with Crippen LogP contribution in [-0.2, 0) is 4.79 Å². The second-order valence-corrected chi connectivity index (χ2v) is 6.81. The van der Waals surface area contributed by atoms with Gasteiger partial charge in [-0.25, -0.2) is 4.39 Å². The monoisotopic (exact) mass is 386 g/mol. The Hall–Kier alpha value is -2.66. The molecule has 3 rings (SSSR count).